The Morgan fingerprint density at radius 3 is 2.64 bits per heavy atom. The van der Waals surface area contributed by atoms with Crippen LogP contribution in [0.2, 0.25) is 0 Å². The van der Waals surface area contributed by atoms with Crippen LogP contribution in [0, 0.1) is 3.57 Å². The summed E-state index contributed by atoms with van der Waals surface area (Å²) in [5, 5.41) is 1.59. The van der Waals surface area contributed by atoms with E-state index in [0.29, 0.717) is 8.57 Å². The fraction of sp³-hybridized carbons (Fsp3) is 0.111. The van der Waals surface area contributed by atoms with E-state index < -0.39 is 6.43 Å². The molecule has 0 fully saturated rings. The number of rotatable bonds is 1. The molecule has 0 amide bonds. The van der Waals surface area contributed by atoms with Crippen LogP contribution in [-0.2, 0) is 0 Å². The van der Waals surface area contributed by atoms with Gasteiger partial charge in [0.05, 0.1) is 5.00 Å². The highest BCUT2D eigenvalue weighted by atomic mass is 127. The van der Waals surface area contributed by atoms with Gasteiger partial charge in [0.15, 0.2) is 0 Å². The van der Waals surface area contributed by atoms with Gasteiger partial charge in [0, 0.05) is 13.8 Å². The highest BCUT2D eigenvalue weighted by Crippen LogP contribution is 2.34. The quantitative estimate of drug-likeness (QED) is 0.787. The lowest BCUT2D eigenvalue weighted by atomic mass is 10.2. The van der Waals surface area contributed by atoms with Crippen LogP contribution in [0.3, 0.4) is 0 Å². The first kappa shape index (κ1) is 10.1. The molecule has 5 heteroatoms. The standard InChI is InChI=1S/C9H6F2INS/c10-9(11)5-3-7-4(1-6(5)12)2-8(13)14-7/h1-3,9H,13H2. The SMILES string of the molecule is Nc1cc2cc(I)c(C(F)F)cc2s1. The summed E-state index contributed by atoms with van der Waals surface area (Å²) in [5.74, 6) is 0. The van der Waals surface area contributed by atoms with Crippen molar-refractivity contribution in [3.05, 3.63) is 27.3 Å². The summed E-state index contributed by atoms with van der Waals surface area (Å²) in [5.41, 5.74) is 5.68. The molecule has 2 rings (SSSR count). The number of halogens is 3. The van der Waals surface area contributed by atoms with Crippen molar-refractivity contribution in [1.29, 1.82) is 0 Å². The Kier molecular flexibility index (Phi) is 2.61. The first-order chi connectivity index (χ1) is 6.58. The zero-order chi connectivity index (χ0) is 10.3. The minimum Gasteiger partial charge on any atom is -0.391 e. The van der Waals surface area contributed by atoms with Crippen molar-refractivity contribution in [2.24, 2.45) is 0 Å². The summed E-state index contributed by atoms with van der Waals surface area (Å²) in [6, 6.07) is 5.06. The average molecular weight is 325 g/mol. The van der Waals surface area contributed by atoms with Gasteiger partial charge in [-0.1, -0.05) is 0 Å². The van der Waals surface area contributed by atoms with Gasteiger partial charge in [0.2, 0.25) is 0 Å². The number of benzene rings is 1. The van der Waals surface area contributed by atoms with Gasteiger partial charge in [-0.3, -0.25) is 0 Å². The van der Waals surface area contributed by atoms with E-state index in [2.05, 4.69) is 0 Å². The first-order valence-electron chi connectivity index (χ1n) is 3.84. The molecule has 0 radical (unpaired) electrons. The minimum atomic E-state index is -2.42. The number of anilines is 1. The van der Waals surface area contributed by atoms with Crippen molar-refractivity contribution in [3.63, 3.8) is 0 Å². The predicted octanol–water partition coefficient (Wildman–Crippen LogP) is 4.03. The monoisotopic (exact) mass is 325 g/mol. The van der Waals surface area contributed by atoms with E-state index in [1.807, 2.05) is 22.6 Å². The minimum absolute atomic E-state index is 0.0833. The Morgan fingerprint density at radius 2 is 2.00 bits per heavy atom. The zero-order valence-corrected chi connectivity index (χ0v) is 9.90. The van der Waals surface area contributed by atoms with Gasteiger partial charge in [0.1, 0.15) is 0 Å². The normalized spacial score (nSPS) is 11.4. The Morgan fingerprint density at radius 1 is 1.29 bits per heavy atom. The van der Waals surface area contributed by atoms with Crippen molar-refractivity contribution >= 4 is 49.0 Å². The van der Waals surface area contributed by atoms with Gasteiger partial charge in [-0.25, -0.2) is 8.78 Å². The molecule has 0 unspecified atom stereocenters. The van der Waals surface area contributed by atoms with Crippen LogP contribution in [0.5, 0.6) is 0 Å². The van der Waals surface area contributed by atoms with Gasteiger partial charge in [-0.15, -0.1) is 11.3 Å². The summed E-state index contributed by atoms with van der Waals surface area (Å²) in [7, 11) is 0. The Balaban J connectivity index is 2.70. The predicted molar refractivity (Wildman–Crippen MR) is 63.9 cm³/mol. The number of thiophene rings is 1. The third-order valence-corrected chi connectivity index (χ3v) is 3.75. The summed E-state index contributed by atoms with van der Waals surface area (Å²) in [4.78, 5) is 0. The van der Waals surface area contributed by atoms with Crippen molar-refractivity contribution in [2.75, 3.05) is 5.73 Å². The second-order valence-corrected chi connectivity index (χ2v) is 5.14. The molecule has 0 saturated heterocycles. The number of hydrogen-bond donors (Lipinski definition) is 1. The Labute approximate surface area is 97.1 Å². The second kappa shape index (κ2) is 3.62. The number of alkyl halides is 2. The molecule has 1 aromatic heterocycles. The molecule has 0 spiro atoms. The van der Waals surface area contributed by atoms with Crippen molar-refractivity contribution < 1.29 is 8.78 Å². The average Bonchev–Trinajstić information content (AvgIpc) is 2.42. The van der Waals surface area contributed by atoms with Crippen LogP contribution < -0.4 is 5.73 Å². The third-order valence-electron chi connectivity index (χ3n) is 1.89. The maximum atomic E-state index is 12.5. The van der Waals surface area contributed by atoms with Gasteiger partial charge < -0.3 is 5.73 Å². The van der Waals surface area contributed by atoms with Crippen molar-refractivity contribution in [3.8, 4) is 0 Å². The molecule has 0 aliphatic rings. The number of fused-ring (bicyclic) bond motifs is 1. The Bertz CT molecular complexity index is 481. The third kappa shape index (κ3) is 1.70. The number of nitrogens with two attached hydrogens (primary N) is 1. The topological polar surface area (TPSA) is 26.0 Å². The molecular weight excluding hydrogens is 319 g/mol. The zero-order valence-electron chi connectivity index (χ0n) is 6.93. The first-order valence-corrected chi connectivity index (χ1v) is 5.74. The number of nitrogen functional groups attached to an aromatic ring is 1. The molecule has 0 aliphatic heterocycles. The molecule has 1 heterocycles. The molecule has 74 valence electrons. The molecular formula is C9H6F2INS. The molecule has 0 saturated carbocycles. The summed E-state index contributed by atoms with van der Waals surface area (Å²) in [6.07, 6.45) is -2.42. The van der Waals surface area contributed by atoms with Crippen LogP contribution in [0.25, 0.3) is 10.1 Å². The largest absolute Gasteiger partial charge is 0.391 e. The molecule has 1 nitrogen and oxygen atoms in total. The maximum Gasteiger partial charge on any atom is 0.264 e. The van der Waals surface area contributed by atoms with Gasteiger partial charge in [-0.2, -0.15) is 0 Å². The van der Waals surface area contributed by atoms with Crippen LogP contribution in [0.15, 0.2) is 18.2 Å². The molecule has 0 bridgehead atoms. The van der Waals surface area contributed by atoms with E-state index in [9.17, 15) is 8.78 Å². The molecule has 2 aromatic rings. The van der Waals surface area contributed by atoms with E-state index in [0.717, 1.165) is 10.1 Å². The molecule has 1 aromatic carbocycles. The summed E-state index contributed by atoms with van der Waals surface area (Å²) in [6.45, 7) is 0. The fourth-order valence-corrected chi connectivity index (χ4v) is 2.85. The van der Waals surface area contributed by atoms with E-state index in [4.69, 9.17) is 5.73 Å². The highest BCUT2D eigenvalue weighted by molar-refractivity contribution is 14.1. The smallest absolute Gasteiger partial charge is 0.264 e. The van der Waals surface area contributed by atoms with Crippen molar-refractivity contribution in [1.82, 2.24) is 0 Å². The lowest BCUT2D eigenvalue weighted by Crippen LogP contribution is -1.87. The number of hydrogen-bond acceptors (Lipinski definition) is 2. The Hall–Kier alpha value is -0.430. The van der Waals surface area contributed by atoms with E-state index >= 15 is 0 Å². The maximum absolute atomic E-state index is 12.5. The highest BCUT2D eigenvalue weighted by Gasteiger charge is 2.13. The second-order valence-electron chi connectivity index (χ2n) is 2.86. The lowest BCUT2D eigenvalue weighted by molar-refractivity contribution is 0.150. The van der Waals surface area contributed by atoms with E-state index in [-0.39, 0.29) is 5.56 Å². The van der Waals surface area contributed by atoms with E-state index in [1.165, 1.54) is 17.4 Å². The summed E-state index contributed by atoms with van der Waals surface area (Å²) < 4.78 is 26.5. The van der Waals surface area contributed by atoms with Crippen LogP contribution in [0.1, 0.15) is 12.0 Å². The van der Waals surface area contributed by atoms with Gasteiger partial charge in [-0.05, 0) is 46.2 Å². The summed E-state index contributed by atoms with van der Waals surface area (Å²) >= 11 is 3.25. The fourth-order valence-electron chi connectivity index (χ4n) is 1.26. The van der Waals surface area contributed by atoms with Gasteiger partial charge in [0.25, 0.3) is 6.43 Å². The van der Waals surface area contributed by atoms with Crippen LogP contribution in [0.4, 0.5) is 13.8 Å². The molecule has 14 heavy (non-hydrogen) atoms. The molecule has 0 aliphatic carbocycles. The molecule has 0 atom stereocenters. The van der Waals surface area contributed by atoms with E-state index in [1.54, 1.807) is 12.1 Å². The van der Waals surface area contributed by atoms with Crippen molar-refractivity contribution in [2.45, 2.75) is 6.43 Å². The van der Waals surface area contributed by atoms with Crippen LogP contribution in [-0.4, -0.2) is 0 Å². The van der Waals surface area contributed by atoms with Crippen LogP contribution >= 0.6 is 33.9 Å². The molecule has 2 N–H and O–H groups in total. The lowest BCUT2D eigenvalue weighted by Gasteiger charge is -2.02. The van der Waals surface area contributed by atoms with Gasteiger partial charge >= 0.3 is 0 Å².